The summed E-state index contributed by atoms with van der Waals surface area (Å²) in [6.07, 6.45) is 2.57. The van der Waals surface area contributed by atoms with Crippen molar-refractivity contribution in [2.75, 3.05) is 13.2 Å². The van der Waals surface area contributed by atoms with E-state index in [-0.39, 0.29) is 18.8 Å². The van der Waals surface area contributed by atoms with Gasteiger partial charge in [-0.2, -0.15) is 0 Å². The summed E-state index contributed by atoms with van der Waals surface area (Å²) in [5.41, 5.74) is 5.22. The number of ether oxygens (including phenoxy) is 2. The van der Waals surface area contributed by atoms with Crippen molar-refractivity contribution < 1.29 is 19.1 Å². The van der Waals surface area contributed by atoms with Gasteiger partial charge < -0.3 is 14.0 Å². The molecular weight excluding hydrogens is 366 g/mol. The number of rotatable bonds is 5. The van der Waals surface area contributed by atoms with Gasteiger partial charge in [0.1, 0.15) is 5.57 Å². The van der Waals surface area contributed by atoms with Gasteiger partial charge in [0.2, 0.25) is 0 Å². The quantitative estimate of drug-likeness (QED) is 0.281. The zero-order chi connectivity index (χ0) is 20.4. The van der Waals surface area contributed by atoms with Crippen LogP contribution in [0.4, 0.5) is 0 Å². The Kier molecular flexibility index (Phi) is 5.21. The number of aromatic nitrogens is 1. The first-order chi connectivity index (χ1) is 14.2. The Balaban J connectivity index is 1.99. The number of nitrogens with zero attached hydrogens (tertiary/aromatic N) is 1. The predicted octanol–water partition coefficient (Wildman–Crippen LogP) is 4.37. The third-order valence-corrected chi connectivity index (χ3v) is 5.17. The van der Waals surface area contributed by atoms with Gasteiger partial charge in [-0.1, -0.05) is 42.5 Å². The molecule has 4 rings (SSSR count). The van der Waals surface area contributed by atoms with Gasteiger partial charge in [-0.3, -0.25) is 0 Å². The lowest BCUT2D eigenvalue weighted by molar-refractivity contribution is -0.146. The fraction of sp³-hybridized carbons (Fsp3) is 0.250. The number of para-hydroxylation sites is 1. The molecule has 0 fully saturated rings. The van der Waals surface area contributed by atoms with Crippen molar-refractivity contribution in [3.8, 4) is 11.3 Å². The van der Waals surface area contributed by atoms with Crippen LogP contribution in [0, 0.1) is 0 Å². The van der Waals surface area contributed by atoms with E-state index >= 15 is 0 Å². The molecule has 29 heavy (non-hydrogen) atoms. The zero-order valence-electron chi connectivity index (χ0n) is 16.6. The SMILES string of the molecule is CCOC(=O)C(=Cc1c2n(c3ccccc13)CCc1ccccc1-2)C(=O)OCC. The molecule has 0 bridgehead atoms. The molecule has 5 nitrogen and oxygen atoms in total. The van der Waals surface area contributed by atoms with Crippen LogP contribution in [-0.2, 0) is 32.0 Å². The van der Waals surface area contributed by atoms with Crippen LogP contribution in [0.3, 0.4) is 0 Å². The Morgan fingerprint density at radius 1 is 0.966 bits per heavy atom. The van der Waals surface area contributed by atoms with E-state index in [1.165, 1.54) is 5.56 Å². The van der Waals surface area contributed by atoms with Crippen LogP contribution < -0.4 is 0 Å². The molecular formula is C24H23NO4. The molecule has 0 saturated heterocycles. The number of esters is 2. The maximum absolute atomic E-state index is 12.5. The molecule has 0 atom stereocenters. The molecule has 2 heterocycles. The Bertz CT molecular complexity index is 1100. The van der Waals surface area contributed by atoms with E-state index in [0.717, 1.165) is 40.7 Å². The number of hydrogen-bond acceptors (Lipinski definition) is 4. The van der Waals surface area contributed by atoms with Crippen LogP contribution in [0.5, 0.6) is 0 Å². The summed E-state index contributed by atoms with van der Waals surface area (Å²) in [5.74, 6) is -1.34. The lowest BCUT2D eigenvalue weighted by Crippen LogP contribution is -2.18. The highest BCUT2D eigenvalue weighted by Crippen LogP contribution is 2.40. The van der Waals surface area contributed by atoms with Crippen LogP contribution >= 0.6 is 0 Å². The summed E-state index contributed by atoms with van der Waals surface area (Å²) >= 11 is 0. The van der Waals surface area contributed by atoms with Gasteiger partial charge in [0.15, 0.2) is 0 Å². The van der Waals surface area contributed by atoms with Crippen LogP contribution in [0.1, 0.15) is 25.0 Å². The molecule has 0 radical (unpaired) electrons. The summed E-state index contributed by atoms with van der Waals surface area (Å²) in [5, 5.41) is 0.991. The number of fused-ring (bicyclic) bond motifs is 5. The molecule has 1 aliphatic heterocycles. The second-order valence-electron chi connectivity index (χ2n) is 6.84. The minimum Gasteiger partial charge on any atom is -0.462 e. The molecule has 0 amide bonds. The smallest absolute Gasteiger partial charge is 0.345 e. The van der Waals surface area contributed by atoms with E-state index in [9.17, 15) is 9.59 Å². The van der Waals surface area contributed by atoms with Gasteiger partial charge >= 0.3 is 11.9 Å². The van der Waals surface area contributed by atoms with Crippen LogP contribution in [0.15, 0.2) is 54.1 Å². The highest BCUT2D eigenvalue weighted by atomic mass is 16.6. The minimum absolute atomic E-state index is 0.0871. The molecule has 0 spiro atoms. The van der Waals surface area contributed by atoms with Crippen molar-refractivity contribution in [2.24, 2.45) is 0 Å². The molecule has 0 N–H and O–H groups in total. The van der Waals surface area contributed by atoms with Gasteiger partial charge in [-0.05, 0) is 38.0 Å². The van der Waals surface area contributed by atoms with E-state index in [2.05, 4.69) is 22.8 Å². The molecule has 1 aromatic heterocycles. The number of hydrogen-bond donors (Lipinski definition) is 0. The normalized spacial score (nSPS) is 12.1. The fourth-order valence-corrected chi connectivity index (χ4v) is 3.96. The molecule has 0 aliphatic carbocycles. The van der Waals surface area contributed by atoms with Crippen molar-refractivity contribution in [3.63, 3.8) is 0 Å². The minimum atomic E-state index is -0.668. The number of carbonyl (C=O) groups is 2. The molecule has 148 valence electrons. The van der Waals surface area contributed by atoms with E-state index < -0.39 is 11.9 Å². The topological polar surface area (TPSA) is 57.5 Å². The molecule has 2 aromatic carbocycles. The van der Waals surface area contributed by atoms with Gasteiger partial charge in [-0.15, -0.1) is 0 Å². The lowest BCUT2D eigenvalue weighted by Gasteiger charge is -2.21. The fourth-order valence-electron chi connectivity index (χ4n) is 3.96. The summed E-state index contributed by atoms with van der Waals surface area (Å²) in [4.78, 5) is 25.1. The zero-order valence-corrected chi connectivity index (χ0v) is 16.6. The maximum Gasteiger partial charge on any atom is 0.345 e. The first-order valence-corrected chi connectivity index (χ1v) is 9.91. The monoisotopic (exact) mass is 389 g/mol. The highest BCUT2D eigenvalue weighted by molar-refractivity contribution is 6.19. The van der Waals surface area contributed by atoms with Gasteiger partial charge in [0, 0.05) is 28.6 Å². The summed E-state index contributed by atoms with van der Waals surface area (Å²) < 4.78 is 12.5. The molecule has 0 saturated carbocycles. The van der Waals surface area contributed by atoms with E-state index in [4.69, 9.17) is 9.47 Å². The number of aryl methyl sites for hydroxylation is 2. The first kappa shape index (κ1) is 19.0. The Morgan fingerprint density at radius 3 is 2.34 bits per heavy atom. The third-order valence-electron chi connectivity index (χ3n) is 5.17. The Labute approximate surface area is 169 Å². The standard InChI is InChI=1S/C24H23NO4/c1-3-28-23(26)20(24(27)29-4-2)15-19-18-11-7-8-12-21(18)25-14-13-16-9-5-6-10-17(16)22(19)25/h5-12,15H,3-4,13-14H2,1-2H3. The Hall–Kier alpha value is -3.34. The van der Waals surface area contributed by atoms with Crippen molar-refractivity contribution in [2.45, 2.75) is 26.8 Å². The van der Waals surface area contributed by atoms with Crippen LogP contribution in [0.2, 0.25) is 0 Å². The average Bonchev–Trinajstić information content (AvgIpc) is 3.06. The lowest BCUT2D eigenvalue weighted by atomic mass is 9.95. The predicted molar refractivity (Wildman–Crippen MR) is 112 cm³/mol. The first-order valence-electron chi connectivity index (χ1n) is 9.91. The van der Waals surface area contributed by atoms with Crippen LogP contribution in [0.25, 0.3) is 28.2 Å². The third kappa shape index (κ3) is 3.33. The second kappa shape index (κ2) is 7.95. The van der Waals surface area contributed by atoms with Crippen molar-refractivity contribution in [1.29, 1.82) is 0 Å². The number of carbonyl (C=O) groups excluding carboxylic acids is 2. The van der Waals surface area contributed by atoms with Crippen molar-refractivity contribution in [1.82, 2.24) is 4.57 Å². The molecule has 3 aromatic rings. The van der Waals surface area contributed by atoms with Crippen LogP contribution in [-0.4, -0.2) is 29.7 Å². The maximum atomic E-state index is 12.5. The van der Waals surface area contributed by atoms with E-state index in [1.54, 1.807) is 19.9 Å². The van der Waals surface area contributed by atoms with Crippen molar-refractivity contribution in [3.05, 3.63) is 65.2 Å². The average molecular weight is 389 g/mol. The van der Waals surface area contributed by atoms with Gasteiger partial charge in [0.05, 0.1) is 18.9 Å². The summed E-state index contributed by atoms with van der Waals surface area (Å²) in [6, 6.07) is 16.3. The number of benzene rings is 2. The Morgan fingerprint density at radius 2 is 1.62 bits per heavy atom. The van der Waals surface area contributed by atoms with Crippen molar-refractivity contribution >= 4 is 28.9 Å². The molecule has 0 unspecified atom stereocenters. The summed E-state index contributed by atoms with van der Waals surface area (Å²) in [7, 11) is 0. The van der Waals surface area contributed by atoms with Gasteiger partial charge in [-0.25, -0.2) is 9.59 Å². The largest absolute Gasteiger partial charge is 0.462 e. The second-order valence-corrected chi connectivity index (χ2v) is 6.84. The van der Waals surface area contributed by atoms with E-state index in [0.29, 0.717) is 0 Å². The highest BCUT2D eigenvalue weighted by Gasteiger charge is 2.26. The van der Waals surface area contributed by atoms with Gasteiger partial charge in [0.25, 0.3) is 0 Å². The molecule has 5 heteroatoms. The summed E-state index contributed by atoms with van der Waals surface area (Å²) in [6.45, 7) is 4.65. The van der Waals surface area contributed by atoms with E-state index in [1.807, 2.05) is 30.3 Å². The molecule has 1 aliphatic rings.